The average molecular weight is 293 g/mol. The Morgan fingerprint density at radius 2 is 2.14 bits per heavy atom. The molecule has 21 heavy (non-hydrogen) atoms. The summed E-state index contributed by atoms with van der Waals surface area (Å²) >= 11 is 0. The molecule has 2 N–H and O–H groups in total. The van der Waals surface area contributed by atoms with E-state index in [1.54, 1.807) is 17.9 Å². The summed E-state index contributed by atoms with van der Waals surface area (Å²) in [6.45, 7) is 3.48. The van der Waals surface area contributed by atoms with Gasteiger partial charge in [0.1, 0.15) is 5.69 Å². The van der Waals surface area contributed by atoms with E-state index in [1.807, 2.05) is 0 Å². The normalized spacial score (nSPS) is 15.6. The molecule has 1 aromatic rings. The van der Waals surface area contributed by atoms with E-state index in [9.17, 15) is 9.59 Å². The third-order valence-corrected chi connectivity index (χ3v) is 3.37. The van der Waals surface area contributed by atoms with E-state index in [2.05, 4.69) is 10.3 Å². The Hall–Kier alpha value is -2.31. The van der Waals surface area contributed by atoms with Crippen molar-refractivity contribution in [1.29, 1.82) is 0 Å². The van der Waals surface area contributed by atoms with Crippen molar-refractivity contribution >= 4 is 17.7 Å². The quantitative estimate of drug-likeness (QED) is 0.879. The summed E-state index contributed by atoms with van der Waals surface area (Å²) in [5.41, 5.74) is 0.812. The molecule has 1 aromatic heterocycles. The van der Waals surface area contributed by atoms with Gasteiger partial charge >= 0.3 is 12.1 Å². The number of carboxylic acids is 1. The number of piperidine rings is 1. The molecule has 0 spiro atoms. The predicted molar refractivity (Wildman–Crippen MR) is 76.4 cm³/mol. The van der Waals surface area contributed by atoms with Crippen LogP contribution >= 0.6 is 0 Å². The molecule has 7 nitrogen and oxygen atoms in total. The fourth-order valence-electron chi connectivity index (χ4n) is 2.26. The summed E-state index contributed by atoms with van der Waals surface area (Å²) in [5, 5.41) is 12.1. The van der Waals surface area contributed by atoms with Gasteiger partial charge in [-0.3, -0.25) is 0 Å². The molecular weight excluding hydrogens is 274 g/mol. The lowest BCUT2D eigenvalue weighted by molar-refractivity contribution is 0.0690. The largest absolute Gasteiger partial charge is 0.477 e. The van der Waals surface area contributed by atoms with Crippen LogP contribution in [-0.2, 0) is 4.74 Å². The molecule has 1 aliphatic heterocycles. The molecule has 0 unspecified atom stereocenters. The lowest BCUT2D eigenvalue weighted by Crippen LogP contribution is -2.42. The van der Waals surface area contributed by atoms with Crippen molar-refractivity contribution in [2.24, 2.45) is 0 Å². The van der Waals surface area contributed by atoms with Gasteiger partial charge in [-0.1, -0.05) is 0 Å². The number of hydrogen-bond donors (Lipinski definition) is 2. The summed E-state index contributed by atoms with van der Waals surface area (Å²) in [6.07, 6.45) is 2.89. The van der Waals surface area contributed by atoms with E-state index < -0.39 is 5.97 Å². The average Bonchev–Trinajstić information content (AvgIpc) is 2.49. The molecule has 0 bridgehead atoms. The van der Waals surface area contributed by atoms with Gasteiger partial charge in [0.05, 0.1) is 18.5 Å². The molecule has 7 heteroatoms. The summed E-state index contributed by atoms with van der Waals surface area (Å²) < 4.78 is 4.97. The first-order valence-electron chi connectivity index (χ1n) is 6.97. The number of aromatic nitrogens is 1. The van der Waals surface area contributed by atoms with Crippen LogP contribution in [0.5, 0.6) is 0 Å². The number of hydrogen-bond acceptors (Lipinski definition) is 5. The zero-order valence-corrected chi connectivity index (χ0v) is 11.9. The van der Waals surface area contributed by atoms with Gasteiger partial charge in [-0.05, 0) is 31.9 Å². The molecule has 0 saturated carbocycles. The Balaban J connectivity index is 1.83. The third kappa shape index (κ3) is 4.08. The zero-order valence-electron chi connectivity index (χ0n) is 11.9. The minimum atomic E-state index is -1.04. The van der Waals surface area contributed by atoms with Crippen LogP contribution in [0.3, 0.4) is 0 Å². The fourth-order valence-corrected chi connectivity index (χ4v) is 2.26. The van der Waals surface area contributed by atoms with Crippen LogP contribution in [-0.4, -0.2) is 52.8 Å². The number of ether oxygens (including phenoxy) is 1. The number of rotatable bonds is 4. The Morgan fingerprint density at radius 1 is 1.43 bits per heavy atom. The molecule has 1 saturated heterocycles. The zero-order chi connectivity index (χ0) is 15.2. The maximum Gasteiger partial charge on any atom is 0.409 e. The SMILES string of the molecule is CCOC(=O)N1CCC(Nc2ccc(C(=O)O)nc2)CC1. The number of likely N-dealkylation sites (tertiary alicyclic amines) is 1. The van der Waals surface area contributed by atoms with Crippen molar-refractivity contribution in [3.05, 3.63) is 24.0 Å². The lowest BCUT2D eigenvalue weighted by atomic mass is 10.1. The number of aromatic carboxylic acids is 1. The standard InChI is InChI=1S/C14H19N3O4/c1-2-21-14(20)17-7-5-10(6-8-17)16-11-3-4-12(13(18)19)15-9-11/h3-4,9-10,16H,2,5-8H2,1H3,(H,18,19). The smallest absolute Gasteiger partial charge is 0.409 e. The first-order chi connectivity index (χ1) is 10.1. The second kappa shape index (κ2) is 6.92. The van der Waals surface area contributed by atoms with Crippen LogP contribution in [0.4, 0.5) is 10.5 Å². The highest BCUT2D eigenvalue weighted by Gasteiger charge is 2.23. The van der Waals surface area contributed by atoms with Gasteiger partial charge in [-0.25, -0.2) is 14.6 Å². The van der Waals surface area contributed by atoms with E-state index in [0.717, 1.165) is 18.5 Å². The van der Waals surface area contributed by atoms with Gasteiger partial charge in [-0.15, -0.1) is 0 Å². The number of anilines is 1. The molecule has 1 aliphatic rings. The van der Waals surface area contributed by atoms with Crippen molar-refractivity contribution < 1.29 is 19.4 Å². The van der Waals surface area contributed by atoms with Crippen LogP contribution in [0, 0.1) is 0 Å². The van der Waals surface area contributed by atoms with Gasteiger partial charge in [0, 0.05) is 19.1 Å². The van der Waals surface area contributed by atoms with Gasteiger partial charge in [0.25, 0.3) is 0 Å². The number of carbonyl (C=O) groups excluding carboxylic acids is 1. The van der Waals surface area contributed by atoms with Crippen LogP contribution in [0.2, 0.25) is 0 Å². The summed E-state index contributed by atoms with van der Waals surface area (Å²) in [7, 11) is 0. The van der Waals surface area contributed by atoms with Crippen LogP contribution < -0.4 is 5.32 Å². The fraction of sp³-hybridized carbons (Fsp3) is 0.500. The molecule has 0 aliphatic carbocycles. The molecule has 1 amide bonds. The number of carboxylic acid groups (broad SMARTS) is 1. The topological polar surface area (TPSA) is 91.8 Å². The first-order valence-corrected chi connectivity index (χ1v) is 6.97. The molecule has 0 aromatic carbocycles. The third-order valence-electron chi connectivity index (χ3n) is 3.37. The summed E-state index contributed by atoms with van der Waals surface area (Å²) in [6, 6.07) is 3.42. The second-order valence-electron chi connectivity index (χ2n) is 4.84. The number of amides is 1. The molecule has 2 heterocycles. The number of pyridine rings is 1. The van der Waals surface area contributed by atoms with Gasteiger partial charge in [-0.2, -0.15) is 0 Å². The lowest BCUT2D eigenvalue weighted by Gasteiger charge is -2.32. The minimum absolute atomic E-state index is 0.0256. The van der Waals surface area contributed by atoms with Crippen molar-refractivity contribution in [3.8, 4) is 0 Å². The molecule has 114 valence electrons. The van der Waals surface area contributed by atoms with E-state index in [1.165, 1.54) is 12.3 Å². The Bertz CT molecular complexity index is 495. The van der Waals surface area contributed by atoms with Crippen LogP contribution in [0.15, 0.2) is 18.3 Å². The maximum absolute atomic E-state index is 11.6. The van der Waals surface area contributed by atoms with E-state index in [-0.39, 0.29) is 17.8 Å². The molecule has 0 atom stereocenters. The second-order valence-corrected chi connectivity index (χ2v) is 4.84. The van der Waals surface area contributed by atoms with Gasteiger partial charge < -0.3 is 20.1 Å². The van der Waals surface area contributed by atoms with Crippen LogP contribution in [0.1, 0.15) is 30.3 Å². The molecule has 0 radical (unpaired) electrons. The van der Waals surface area contributed by atoms with Crippen molar-refractivity contribution in [2.45, 2.75) is 25.8 Å². The summed E-state index contributed by atoms with van der Waals surface area (Å²) in [5.74, 6) is -1.04. The molecule has 1 fully saturated rings. The highest BCUT2D eigenvalue weighted by atomic mass is 16.6. The number of nitrogens with zero attached hydrogens (tertiary/aromatic N) is 2. The number of carbonyl (C=O) groups is 2. The minimum Gasteiger partial charge on any atom is -0.477 e. The highest BCUT2D eigenvalue weighted by Crippen LogP contribution is 2.17. The van der Waals surface area contributed by atoms with E-state index in [0.29, 0.717) is 19.7 Å². The van der Waals surface area contributed by atoms with Crippen molar-refractivity contribution in [1.82, 2.24) is 9.88 Å². The van der Waals surface area contributed by atoms with E-state index >= 15 is 0 Å². The van der Waals surface area contributed by atoms with Crippen molar-refractivity contribution in [2.75, 3.05) is 25.0 Å². The monoisotopic (exact) mass is 293 g/mol. The maximum atomic E-state index is 11.6. The van der Waals surface area contributed by atoms with Gasteiger partial charge in [0.15, 0.2) is 0 Å². The Kier molecular flexibility index (Phi) is 4.97. The van der Waals surface area contributed by atoms with E-state index in [4.69, 9.17) is 9.84 Å². The number of nitrogens with one attached hydrogen (secondary N) is 1. The van der Waals surface area contributed by atoms with Crippen LogP contribution in [0.25, 0.3) is 0 Å². The summed E-state index contributed by atoms with van der Waals surface area (Å²) in [4.78, 5) is 27.9. The Labute approximate surface area is 122 Å². The predicted octanol–water partition coefficient (Wildman–Crippen LogP) is 1.81. The Morgan fingerprint density at radius 3 is 2.67 bits per heavy atom. The first kappa shape index (κ1) is 15.1. The highest BCUT2D eigenvalue weighted by molar-refractivity contribution is 5.85. The molecular formula is C14H19N3O4. The van der Waals surface area contributed by atoms with Gasteiger partial charge in [0.2, 0.25) is 0 Å². The molecule has 2 rings (SSSR count). The van der Waals surface area contributed by atoms with Crippen molar-refractivity contribution in [3.63, 3.8) is 0 Å².